The summed E-state index contributed by atoms with van der Waals surface area (Å²) in [7, 11) is -4.13. The highest BCUT2D eigenvalue weighted by Crippen LogP contribution is 2.23. The standard InChI is InChI=1S/C20H17ClFN3O6S/c21-15-4-1-13(2-5-15)19-24-23-18(31-19)12-30-20(26)14-3-6-16(22)17(11-14)32(27,28)25-7-9-29-10-8-25/h1-6,11H,7-10,12H2. The number of nitrogens with zero attached hydrogens (tertiary/aromatic N) is 3. The first-order valence-electron chi connectivity index (χ1n) is 9.47. The predicted molar refractivity (Wildman–Crippen MR) is 110 cm³/mol. The van der Waals surface area contributed by atoms with Crippen LogP contribution in [-0.4, -0.2) is 55.2 Å². The second-order valence-electron chi connectivity index (χ2n) is 6.75. The molecule has 168 valence electrons. The molecule has 1 aliphatic rings. The van der Waals surface area contributed by atoms with Crippen LogP contribution in [0.5, 0.6) is 0 Å². The average Bonchev–Trinajstić information content (AvgIpc) is 3.28. The lowest BCUT2D eigenvalue weighted by Crippen LogP contribution is -2.41. The number of carbonyl (C=O) groups excluding carboxylic acids is 1. The normalized spacial score (nSPS) is 14.9. The summed E-state index contributed by atoms with van der Waals surface area (Å²) >= 11 is 5.85. The fraction of sp³-hybridized carbons (Fsp3) is 0.250. The fourth-order valence-corrected chi connectivity index (χ4v) is 4.61. The van der Waals surface area contributed by atoms with Crippen molar-refractivity contribution >= 4 is 27.6 Å². The lowest BCUT2D eigenvalue weighted by atomic mass is 10.2. The Morgan fingerprint density at radius 3 is 2.56 bits per heavy atom. The van der Waals surface area contributed by atoms with Gasteiger partial charge in [-0.3, -0.25) is 0 Å². The summed E-state index contributed by atoms with van der Waals surface area (Å²) in [4.78, 5) is 11.8. The van der Waals surface area contributed by atoms with Gasteiger partial charge >= 0.3 is 5.97 Å². The fourth-order valence-electron chi connectivity index (χ4n) is 2.99. The van der Waals surface area contributed by atoms with Crippen molar-refractivity contribution in [2.24, 2.45) is 0 Å². The molecule has 0 saturated carbocycles. The van der Waals surface area contributed by atoms with E-state index < -0.39 is 26.7 Å². The number of benzene rings is 2. The number of ether oxygens (including phenoxy) is 2. The Labute approximate surface area is 187 Å². The van der Waals surface area contributed by atoms with Crippen molar-refractivity contribution in [3.8, 4) is 11.5 Å². The molecule has 4 rings (SSSR count). The number of rotatable bonds is 6. The van der Waals surface area contributed by atoms with E-state index in [1.807, 2.05) is 0 Å². The number of morpholine rings is 1. The Hall–Kier alpha value is -2.86. The van der Waals surface area contributed by atoms with Crippen LogP contribution < -0.4 is 0 Å². The minimum atomic E-state index is -4.13. The van der Waals surface area contributed by atoms with Crippen molar-refractivity contribution in [3.63, 3.8) is 0 Å². The Bertz CT molecular complexity index is 1230. The van der Waals surface area contributed by atoms with Crippen LogP contribution in [0.1, 0.15) is 16.2 Å². The number of esters is 1. The molecular weight excluding hydrogens is 465 g/mol. The molecule has 0 aliphatic carbocycles. The van der Waals surface area contributed by atoms with Gasteiger partial charge in [0, 0.05) is 23.7 Å². The van der Waals surface area contributed by atoms with Crippen LogP contribution >= 0.6 is 11.6 Å². The molecule has 3 aromatic rings. The van der Waals surface area contributed by atoms with Gasteiger partial charge in [0.25, 0.3) is 5.89 Å². The van der Waals surface area contributed by atoms with Gasteiger partial charge in [-0.15, -0.1) is 10.2 Å². The van der Waals surface area contributed by atoms with Crippen molar-refractivity contribution < 1.29 is 31.5 Å². The summed E-state index contributed by atoms with van der Waals surface area (Å²) < 4.78 is 56.6. The molecule has 2 heterocycles. The number of sulfonamides is 1. The van der Waals surface area contributed by atoms with E-state index in [0.29, 0.717) is 10.6 Å². The molecule has 0 bridgehead atoms. The summed E-state index contributed by atoms with van der Waals surface area (Å²) in [6, 6.07) is 9.73. The summed E-state index contributed by atoms with van der Waals surface area (Å²) in [5.41, 5.74) is 0.506. The van der Waals surface area contributed by atoms with Crippen molar-refractivity contribution in [3.05, 3.63) is 64.8 Å². The van der Waals surface area contributed by atoms with Crippen LogP contribution in [-0.2, 0) is 26.1 Å². The van der Waals surface area contributed by atoms with Gasteiger partial charge in [-0.2, -0.15) is 4.31 Å². The number of hydrogen-bond donors (Lipinski definition) is 0. The average molecular weight is 482 g/mol. The minimum absolute atomic E-state index is 0.0339. The van der Waals surface area contributed by atoms with Gasteiger partial charge in [0.05, 0.1) is 18.8 Å². The molecule has 0 unspecified atom stereocenters. The SMILES string of the molecule is O=C(OCc1nnc(-c2ccc(Cl)cc2)o1)c1ccc(F)c(S(=O)(=O)N2CCOCC2)c1. The Morgan fingerprint density at radius 1 is 1.12 bits per heavy atom. The Balaban J connectivity index is 1.46. The zero-order chi connectivity index (χ0) is 22.7. The van der Waals surface area contributed by atoms with E-state index in [-0.39, 0.29) is 50.3 Å². The highest BCUT2D eigenvalue weighted by Gasteiger charge is 2.30. The first kappa shape index (κ1) is 22.3. The van der Waals surface area contributed by atoms with E-state index in [1.165, 1.54) is 0 Å². The molecule has 1 saturated heterocycles. The molecule has 1 aliphatic heterocycles. The third kappa shape index (κ3) is 4.80. The first-order chi connectivity index (χ1) is 15.3. The van der Waals surface area contributed by atoms with E-state index in [2.05, 4.69) is 10.2 Å². The second-order valence-corrected chi connectivity index (χ2v) is 9.09. The van der Waals surface area contributed by atoms with Crippen molar-refractivity contribution in [2.75, 3.05) is 26.3 Å². The highest BCUT2D eigenvalue weighted by molar-refractivity contribution is 7.89. The maximum absolute atomic E-state index is 14.3. The third-order valence-corrected chi connectivity index (χ3v) is 6.81. The van der Waals surface area contributed by atoms with Crippen LogP contribution in [0.25, 0.3) is 11.5 Å². The molecule has 0 N–H and O–H groups in total. The summed E-state index contributed by atoms with van der Waals surface area (Å²) in [6.45, 7) is 0.283. The molecule has 9 nitrogen and oxygen atoms in total. The van der Waals surface area contributed by atoms with Crippen LogP contribution in [0.3, 0.4) is 0 Å². The summed E-state index contributed by atoms with van der Waals surface area (Å²) in [6.07, 6.45) is 0. The number of carbonyl (C=O) groups is 1. The van der Waals surface area contributed by atoms with Gasteiger partial charge < -0.3 is 13.9 Å². The molecule has 0 atom stereocenters. The van der Waals surface area contributed by atoms with Gasteiger partial charge in [-0.25, -0.2) is 17.6 Å². The van der Waals surface area contributed by atoms with Crippen LogP contribution in [0, 0.1) is 5.82 Å². The number of halogens is 2. The minimum Gasteiger partial charge on any atom is -0.452 e. The van der Waals surface area contributed by atoms with Gasteiger partial charge in [0.15, 0.2) is 6.61 Å². The molecular formula is C20H17ClFN3O6S. The molecule has 32 heavy (non-hydrogen) atoms. The zero-order valence-electron chi connectivity index (χ0n) is 16.5. The first-order valence-corrected chi connectivity index (χ1v) is 11.3. The molecule has 0 spiro atoms. The lowest BCUT2D eigenvalue weighted by molar-refractivity contribution is 0.0438. The van der Waals surface area contributed by atoms with E-state index in [0.717, 1.165) is 22.5 Å². The molecule has 1 fully saturated rings. The van der Waals surface area contributed by atoms with E-state index in [9.17, 15) is 17.6 Å². The van der Waals surface area contributed by atoms with Crippen molar-refractivity contribution in [1.82, 2.24) is 14.5 Å². The lowest BCUT2D eigenvalue weighted by Gasteiger charge is -2.26. The summed E-state index contributed by atoms with van der Waals surface area (Å²) in [5.74, 6) is -1.58. The predicted octanol–water partition coefficient (Wildman–Crippen LogP) is 2.91. The van der Waals surface area contributed by atoms with Crippen molar-refractivity contribution in [2.45, 2.75) is 11.5 Å². The maximum Gasteiger partial charge on any atom is 0.338 e. The van der Waals surface area contributed by atoms with Gasteiger partial charge in [-0.05, 0) is 42.5 Å². The molecule has 0 amide bonds. The molecule has 12 heteroatoms. The summed E-state index contributed by atoms with van der Waals surface area (Å²) in [5, 5.41) is 8.24. The van der Waals surface area contributed by atoms with E-state index >= 15 is 0 Å². The highest BCUT2D eigenvalue weighted by atomic mass is 35.5. The van der Waals surface area contributed by atoms with Gasteiger partial charge in [0.2, 0.25) is 15.9 Å². The van der Waals surface area contributed by atoms with E-state index in [4.69, 9.17) is 25.5 Å². The number of hydrogen-bond acceptors (Lipinski definition) is 8. The smallest absolute Gasteiger partial charge is 0.338 e. The van der Waals surface area contributed by atoms with Gasteiger partial charge in [0.1, 0.15) is 10.7 Å². The van der Waals surface area contributed by atoms with Crippen LogP contribution in [0.2, 0.25) is 5.02 Å². The van der Waals surface area contributed by atoms with Crippen LogP contribution in [0.15, 0.2) is 51.8 Å². The second kappa shape index (κ2) is 9.33. The Kier molecular flexibility index (Phi) is 6.51. The Morgan fingerprint density at radius 2 is 1.84 bits per heavy atom. The van der Waals surface area contributed by atoms with Crippen LogP contribution in [0.4, 0.5) is 4.39 Å². The maximum atomic E-state index is 14.3. The monoisotopic (exact) mass is 481 g/mol. The largest absolute Gasteiger partial charge is 0.452 e. The zero-order valence-corrected chi connectivity index (χ0v) is 18.1. The quantitative estimate of drug-likeness (QED) is 0.494. The van der Waals surface area contributed by atoms with Crippen molar-refractivity contribution in [1.29, 1.82) is 0 Å². The third-order valence-electron chi connectivity index (χ3n) is 4.64. The number of aromatic nitrogens is 2. The molecule has 1 aromatic heterocycles. The van der Waals surface area contributed by atoms with E-state index in [1.54, 1.807) is 24.3 Å². The van der Waals surface area contributed by atoms with Gasteiger partial charge in [-0.1, -0.05) is 11.6 Å². The topological polar surface area (TPSA) is 112 Å². The molecule has 2 aromatic carbocycles. The molecule has 0 radical (unpaired) electrons.